The van der Waals surface area contributed by atoms with Gasteiger partial charge in [-0.15, -0.1) is 0 Å². The molecule has 2 unspecified atom stereocenters. The topological polar surface area (TPSA) is 71.4 Å². The summed E-state index contributed by atoms with van der Waals surface area (Å²) >= 11 is 0. The fourth-order valence-corrected chi connectivity index (χ4v) is 4.29. The van der Waals surface area contributed by atoms with Gasteiger partial charge in [-0.05, 0) is 19.8 Å². The second kappa shape index (κ2) is 4.51. The maximum atomic E-state index is 12.0. The van der Waals surface area contributed by atoms with Crippen molar-refractivity contribution in [3.63, 3.8) is 0 Å². The Morgan fingerprint density at radius 3 is 2.13 bits per heavy atom. The third-order valence-corrected chi connectivity index (χ3v) is 6.22. The highest BCUT2D eigenvalue weighted by atomic mass is 32.2. The summed E-state index contributed by atoms with van der Waals surface area (Å²) in [6.45, 7) is 2.96. The zero-order valence-electron chi connectivity index (χ0n) is 9.14. The molecule has 0 aromatic heterocycles. The number of aliphatic carboxylic acids is 1. The van der Waals surface area contributed by atoms with E-state index in [-0.39, 0.29) is 5.25 Å². The molecule has 0 aliphatic heterocycles. The van der Waals surface area contributed by atoms with Crippen LogP contribution in [0.4, 0.5) is 0 Å². The lowest BCUT2D eigenvalue weighted by Gasteiger charge is -2.20. The first-order valence-electron chi connectivity index (χ1n) is 5.33. The Labute approximate surface area is 90.6 Å². The van der Waals surface area contributed by atoms with Crippen molar-refractivity contribution in [3.8, 4) is 0 Å². The third kappa shape index (κ3) is 2.51. The molecule has 5 heteroatoms. The van der Waals surface area contributed by atoms with Crippen molar-refractivity contribution in [2.45, 2.75) is 50.0 Å². The number of carbonyl (C=O) groups is 1. The lowest BCUT2D eigenvalue weighted by molar-refractivity contribution is -0.141. The molecule has 1 aliphatic carbocycles. The van der Waals surface area contributed by atoms with Gasteiger partial charge in [0.1, 0.15) is 0 Å². The van der Waals surface area contributed by atoms with Gasteiger partial charge < -0.3 is 5.11 Å². The Morgan fingerprint density at radius 2 is 1.73 bits per heavy atom. The highest BCUT2D eigenvalue weighted by Crippen LogP contribution is 2.29. The fourth-order valence-electron chi connectivity index (χ4n) is 2.01. The summed E-state index contributed by atoms with van der Waals surface area (Å²) in [6.07, 6.45) is 3.27. The average Bonchev–Trinajstić information content (AvgIpc) is 2.68. The van der Waals surface area contributed by atoms with Crippen LogP contribution in [-0.4, -0.2) is 30.0 Å². The van der Waals surface area contributed by atoms with Gasteiger partial charge in [0.15, 0.2) is 9.84 Å². The molecule has 0 saturated heterocycles. The molecule has 0 amide bonds. The largest absolute Gasteiger partial charge is 0.481 e. The van der Waals surface area contributed by atoms with Crippen molar-refractivity contribution in [3.05, 3.63) is 0 Å². The molecule has 0 bridgehead atoms. The SMILES string of the molecule is CC(C(=O)O)C(C)S(=O)(=O)C1CCCC1. The number of carboxylic acid groups (broad SMARTS) is 1. The van der Waals surface area contributed by atoms with Crippen LogP contribution in [0.1, 0.15) is 39.5 Å². The van der Waals surface area contributed by atoms with E-state index in [9.17, 15) is 13.2 Å². The summed E-state index contributed by atoms with van der Waals surface area (Å²) in [7, 11) is -3.26. The van der Waals surface area contributed by atoms with Crippen LogP contribution in [0.15, 0.2) is 0 Å². The van der Waals surface area contributed by atoms with Crippen LogP contribution in [0, 0.1) is 5.92 Å². The highest BCUT2D eigenvalue weighted by Gasteiger charge is 2.38. The predicted octanol–water partition coefficient (Wildman–Crippen LogP) is 1.45. The molecule has 4 nitrogen and oxygen atoms in total. The van der Waals surface area contributed by atoms with Gasteiger partial charge in [0.05, 0.1) is 16.4 Å². The molecule has 0 heterocycles. The van der Waals surface area contributed by atoms with E-state index < -0.39 is 27.0 Å². The quantitative estimate of drug-likeness (QED) is 0.799. The molecule has 0 radical (unpaired) electrons. The highest BCUT2D eigenvalue weighted by molar-refractivity contribution is 7.92. The molecule has 88 valence electrons. The zero-order chi connectivity index (χ0) is 11.6. The normalized spacial score (nSPS) is 22.5. The van der Waals surface area contributed by atoms with E-state index in [4.69, 9.17) is 5.11 Å². The minimum atomic E-state index is -3.26. The number of carboxylic acids is 1. The van der Waals surface area contributed by atoms with Gasteiger partial charge in [-0.25, -0.2) is 8.42 Å². The zero-order valence-corrected chi connectivity index (χ0v) is 9.96. The van der Waals surface area contributed by atoms with E-state index in [2.05, 4.69) is 0 Å². The summed E-state index contributed by atoms with van der Waals surface area (Å²) in [6, 6.07) is 0. The van der Waals surface area contributed by atoms with E-state index in [1.54, 1.807) is 0 Å². The summed E-state index contributed by atoms with van der Waals surface area (Å²) < 4.78 is 24.0. The Morgan fingerprint density at radius 1 is 1.27 bits per heavy atom. The molecule has 1 fully saturated rings. The monoisotopic (exact) mass is 234 g/mol. The molecule has 1 aliphatic rings. The lowest BCUT2D eigenvalue weighted by atomic mass is 10.1. The van der Waals surface area contributed by atoms with Gasteiger partial charge in [0.2, 0.25) is 0 Å². The van der Waals surface area contributed by atoms with Crippen molar-refractivity contribution in [2.75, 3.05) is 0 Å². The van der Waals surface area contributed by atoms with Crippen LogP contribution in [0.3, 0.4) is 0 Å². The first-order valence-corrected chi connectivity index (χ1v) is 6.94. The molecule has 2 atom stereocenters. The number of hydrogen-bond donors (Lipinski definition) is 1. The molecule has 0 aromatic carbocycles. The van der Waals surface area contributed by atoms with Gasteiger partial charge >= 0.3 is 5.97 Å². The third-order valence-electron chi connectivity index (χ3n) is 3.38. The first kappa shape index (κ1) is 12.5. The van der Waals surface area contributed by atoms with Crippen LogP contribution in [0.2, 0.25) is 0 Å². The molecule has 0 aromatic rings. The Kier molecular flexibility index (Phi) is 3.76. The van der Waals surface area contributed by atoms with Crippen LogP contribution in [-0.2, 0) is 14.6 Å². The van der Waals surface area contributed by atoms with E-state index >= 15 is 0 Å². The summed E-state index contributed by atoms with van der Waals surface area (Å²) in [5.74, 6) is -1.86. The van der Waals surface area contributed by atoms with Crippen molar-refractivity contribution < 1.29 is 18.3 Å². The fraction of sp³-hybridized carbons (Fsp3) is 0.900. The number of hydrogen-bond acceptors (Lipinski definition) is 3. The van der Waals surface area contributed by atoms with E-state index in [0.29, 0.717) is 12.8 Å². The van der Waals surface area contributed by atoms with Crippen molar-refractivity contribution in [2.24, 2.45) is 5.92 Å². The molecular formula is C10H18O4S. The Hall–Kier alpha value is -0.580. The summed E-state index contributed by atoms with van der Waals surface area (Å²) in [5, 5.41) is 7.70. The van der Waals surface area contributed by atoms with Gasteiger partial charge in [0.25, 0.3) is 0 Å². The average molecular weight is 234 g/mol. The van der Waals surface area contributed by atoms with Crippen LogP contribution in [0.5, 0.6) is 0 Å². The first-order chi connectivity index (χ1) is 6.87. The van der Waals surface area contributed by atoms with Gasteiger partial charge in [-0.1, -0.05) is 19.8 Å². The predicted molar refractivity (Wildman–Crippen MR) is 57.4 cm³/mol. The van der Waals surface area contributed by atoms with E-state index in [1.165, 1.54) is 13.8 Å². The summed E-state index contributed by atoms with van der Waals surface area (Å²) in [4.78, 5) is 10.7. The van der Waals surface area contributed by atoms with Gasteiger partial charge in [-0.2, -0.15) is 0 Å². The van der Waals surface area contributed by atoms with E-state index in [0.717, 1.165) is 12.8 Å². The Balaban J connectivity index is 2.80. The number of rotatable bonds is 4. The minimum Gasteiger partial charge on any atom is -0.481 e. The molecular weight excluding hydrogens is 216 g/mol. The molecule has 0 spiro atoms. The molecule has 1 saturated carbocycles. The molecule has 1 rings (SSSR count). The summed E-state index contributed by atoms with van der Waals surface area (Å²) in [5.41, 5.74) is 0. The molecule has 1 N–H and O–H groups in total. The van der Waals surface area contributed by atoms with E-state index in [1.807, 2.05) is 0 Å². The van der Waals surface area contributed by atoms with Crippen molar-refractivity contribution >= 4 is 15.8 Å². The second-order valence-electron chi connectivity index (χ2n) is 4.33. The lowest BCUT2D eigenvalue weighted by Crippen LogP contribution is -2.36. The smallest absolute Gasteiger partial charge is 0.307 e. The van der Waals surface area contributed by atoms with Crippen LogP contribution < -0.4 is 0 Å². The minimum absolute atomic E-state index is 0.311. The van der Waals surface area contributed by atoms with Gasteiger partial charge in [-0.3, -0.25) is 4.79 Å². The van der Waals surface area contributed by atoms with Gasteiger partial charge in [0, 0.05) is 0 Å². The van der Waals surface area contributed by atoms with Crippen molar-refractivity contribution in [1.29, 1.82) is 0 Å². The van der Waals surface area contributed by atoms with Crippen LogP contribution in [0.25, 0.3) is 0 Å². The van der Waals surface area contributed by atoms with Crippen molar-refractivity contribution in [1.82, 2.24) is 0 Å². The molecule has 15 heavy (non-hydrogen) atoms. The standard InChI is InChI=1S/C10H18O4S/c1-7(10(11)12)8(2)15(13,14)9-5-3-4-6-9/h7-9H,3-6H2,1-2H3,(H,11,12). The van der Waals surface area contributed by atoms with Crippen LogP contribution >= 0.6 is 0 Å². The second-order valence-corrected chi connectivity index (χ2v) is 6.92. The number of sulfone groups is 1. The Bertz CT molecular complexity index is 327. The maximum absolute atomic E-state index is 12.0. The maximum Gasteiger partial charge on any atom is 0.307 e.